The summed E-state index contributed by atoms with van der Waals surface area (Å²) in [4.78, 5) is 15.1. The van der Waals surface area contributed by atoms with Gasteiger partial charge < -0.3 is 10.6 Å². The summed E-state index contributed by atoms with van der Waals surface area (Å²) in [7, 11) is 1.90. The van der Waals surface area contributed by atoms with Gasteiger partial charge in [-0.1, -0.05) is 11.8 Å². The lowest BCUT2D eigenvalue weighted by Gasteiger charge is -2.03. The highest BCUT2D eigenvalue weighted by molar-refractivity contribution is 5.87. The van der Waals surface area contributed by atoms with Crippen molar-refractivity contribution in [2.45, 2.75) is 20.3 Å². The molecule has 0 atom stereocenters. The molecule has 17 heavy (non-hydrogen) atoms. The number of aryl methyl sites for hydroxylation is 1. The Bertz CT molecular complexity index is 457. The molecule has 0 unspecified atom stereocenters. The zero-order valence-electron chi connectivity index (χ0n) is 10.4. The molecule has 2 N–H and O–H groups in total. The van der Waals surface area contributed by atoms with Crippen molar-refractivity contribution < 1.29 is 4.79 Å². The van der Waals surface area contributed by atoms with Crippen LogP contribution in [-0.2, 0) is 4.79 Å². The molecule has 0 aliphatic heterocycles. The molecule has 0 spiro atoms. The average molecular weight is 231 g/mol. The van der Waals surface area contributed by atoms with Crippen LogP contribution in [0.1, 0.15) is 24.6 Å². The van der Waals surface area contributed by atoms with Gasteiger partial charge in [0.15, 0.2) is 0 Å². The van der Waals surface area contributed by atoms with Gasteiger partial charge in [0.25, 0.3) is 0 Å². The van der Waals surface area contributed by atoms with Crippen LogP contribution < -0.4 is 10.6 Å². The second-order valence-electron chi connectivity index (χ2n) is 3.67. The molecule has 1 amide bonds. The van der Waals surface area contributed by atoms with E-state index in [1.807, 2.05) is 20.0 Å². The number of hydrogen-bond acceptors (Lipinski definition) is 3. The summed E-state index contributed by atoms with van der Waals surface area (Å²) >= 11 is 0. The van der Waals surface area contributed by atoms with E-state index in [1.165, 1.54) is 6.92 Å². The molecule has 0 saturated heterocycles. The highest BCUT2D eigenvalue weighted by Crippen LogP contribution is 2.09. The first-order valence-corrected chi connectivity index (χ1v) is 5.52. The zero-order chi connectivity index (χ0) is 12.7. The molecule has 0 saturated carbocycles. The third-order valence-corrected chi connectivity index (χ3v) is 2.11. The Morgan fingerprint density at radius 1 is 1.47 bits per heavy atom. The quantitative estimate of drug-likeness (QED) is 0.609. The average Bonchev–Trinajstić information content (AvgIpc) is 2.26. The van der Waals surface area contributed by atoms with Crippen LogP contribution in [-0.4, -0.2) is 24.5 Å². The molecular weight excluding hydrogens is 214 g/mol. The van der Waals surface area contributed by atoms with E-state index in [0.29, 0.717) is 5.82 Å². The Morgan fingerprint density at radius 3 is 2.82 bits per heavy atom. The highest BCUT2D eigenvalue weighted by Gasteiger charge is 2.00. The summed E-state index contributed by atoms with van der Waals surface area (Å²) in [6.45, 7) is 4.22. The minimum Gasteiger partial charge on any atom is -0.319 e. The van der Waals surface area contributed by atoms with E-state index in [4.69, 9.17) is 0 Å². The van der Waals surface area contributed by atoms with Crippen molar-refractivity contribution in [3.8, 4) is 11.8 Å². The molecule has 0 fully saturated rings. The number of carbonyl (C=O) groups is 1. The zero-order valence-corrected chi connectivity index (χ0v) is 10.4. The Hall–Kier alpha value is -1.86. The molecule has 1 aromatic heterocycles. The summed E-state index contributed by atoms with van der Waals surface area (Å²) in [5.41, 5.74) is 1.73. The Kier molecular flexibility index (Phi) is 5.18. The maximum absolute atomic E-state index is 10.9. The van der Waals surface area contributed by atoms with E-state index in [0.717, 1.165) is 24.2 Å². The predicted octanol–water partition coefficient (Wildman–Crippen LogP) is 1.31. The molecule has 0 aliphatic carbocycles. The number of hydrogen-bond donors (Lipinski definition) is 2. The molecule has 4 nitrogen and oxygen atoms in total. The van der Waals surface area contributed by atoms with E-state index in [-0.39, 0.29) is 5.91 Å². The van der Waals surface area contributed by atoms with Crippen LogP contribution in [0.25, 0.3) is 0 Å². The topological polar surface area (TPSA) is 54.0 Å². The first-order chi connectivity index (χ1) is 8.13. The van der Waals surface area contributed by atoms with Gasteiger partial charge in [-0.15, -0.1) is 0 Å². The lowest BCUT2D eigenvalue weighted by atomic mass is 10.2. The standard InChI is InChI=1S/C13H17N3O/c1-10-12(6-4-5-9-14-3)7-8-13(15-10)16-11(2)17/h7-8,14H,5,9H2,1-3H3,(H,15,16,17). The lowest BCUT2D eigenvalue weighted by molar-refractivity contribution is -0.114. The second-order valence-corrected chi connectivity index (χ2v) is 3.67. The molecule has 0 bridgehead atoms. The van der Waals surface area contributed by atoms with Crippen molar-refractivity contribution in [2.24, 2.45) is 0 Å². The fraction of sp³-hybridized carbons (Fsp3) is 0.385. The van der Waals surface area contributed by atoms with Crippen molar-refractivity contribution in [1.82, 2.24) is 10.3 Å². The number of anilines is 1. The first kappa shape index (κ1) is 13.2. The normalized spacial score (nSPS) is 9.35. The van der Waals surface area contributed by atoms with E-state index in [1.54, 1.807) is 6.07 Å². The van der Waals surface area contributed by atoms with Gasteiger partial charge in [-0.2, -0.15) is 0 Å². The number of amides is 1. The molecule has 90 valence electrons. The van der Waals surface area contributed by atoms with Crippen LogP contribution in [0, 0.1) is 18.8 Å². The summed E-state index contributed by atoms with van der Waals surface area (Å²) < 4.78 is 0. The van der Waals surface area contributed by atoms with Gasteiger partial charge >= 0.3 is 0 Å². The lowest BCUT2D eigenvalue weighted by Crippen LogP contribution is -2.08. The molecule has 0 aromatic carbocycles. The van der Waals surface area contributed by atoms with E-state index in [2.05, 4.69) is 27.5 Å². The largest absolute Gasteiger partial charge is 0.319 e. The Morgan fingerprint density at radius 2 is 2.24 bits per heavy atom. The molecule has 0 radical (unpaired) electrons. The molecular formula is C13H17N3O. The summed E-state index contributed by atoms with van der Waals surface area (Å²) in [5.74, 6) is 6.57. The fourth-order valence-corrected chi connectivity index (χ4v) is 1.29. The summed E-state index contributed by atoms with van der Waals surface area (Å²) in [6, 6.07) is 3.64. The molecule has 0 aliphatic rings. The van der Waals surface area contributed by atoms with E-state index < -0.39 is 0 Å². The number of carbonyl (C=O) groups excluding carboxylic acids is 1. The fourth-order valence-electron chi connectivity index (χ4n) is 1.29. The van der Waals surface area contributed by atoms with Crippen molar-refractivity contribution in [3.63, 3.8) is 0 Å². The monoisotopic (exact) mass is 231 g/mol. The molecule has 1 aromatic rings. The first-order valence-electron chi connectivity index (χ1n) is 5.52. The van der Waals surface area contributed by atoms with E-state index in [9.17, 15) is 4.79 Å². The van der Waals surface area contributed by atoms with Crippen LogP contribution >= 0.6 is 0 Å². The number of aromatic nitrogens is 1. The minimum atomic E-state index is -0.121. The maximum Gasteiger partial charge on any atom is 0.222 e. The third kappa shape index (κ3) is 4.66. The van der Waals surface area contributed by atoms with Gasteiger partial charge in [0.2, 0.25) is 5.91 Å². The van der Waals surface area contributed by atoms with Crippen molar-refractivity contribution in [1.29, 1.82) is 0 Å². The van der Waals surface area contributed by atoms with Gasteiger partial charge in [0.05, 0.1) is 5.69 Å². The number of rotatable bonds is 3. The SMILES string of the molecule is CNCCC#Cc1ccc(NC(C)=O)nc1C. The number of nitrogens with zero attached hydrogens (tertiary/aromatic N) is 1. The summed E-state index contributed by atoms with van der Waals surface area (Å²) in [6.07, 6.45) is 0.809. The highest BCUT2D eigenvalue weighted by atomic mass is 16.1. The minimum absolute atomic E-state index is 0.121. The molecule has 1 heterocycles. The Balaban J connectivity index is 2.74. The van der Waals surface area contributed by atoms with Gasteiger partial charge in [-0.3, -0.25) is 4.79 Å². The van der Waals surface area contributed by atoms with Crippen molar-refractivity contribution in [2.75, 3.05) is 18.9 Å². The number of pyridine rings is 1. The van der Waals surface area contributed by atoms with Crippen LogP contribution in [0.4, 0.5) is 5.82 Å². The third-order valence-electron chi connectivity index (χ3n) is 2.11. The van der Waals surface area contributed by atoms with Crippen molar-refractivity contribution in [3.05, 3.63) is 23.4 Å². The maximum atomic E-state index is 10.9. The molecule has 4 heteroatoms. The van der Waals surface area contributed by atoms with Crippen LogP contribution in [0.3, 0.4) is 0 Å². The van der Waals surface area contributed by atoms with Gasteiger partial charge in [-0.05, 0) is 26.1 Å². The van der Waals surface area contributed by atoms with Gasteiger partial charge in [0.1, 0.15) is 5.82 Å². The predicted molar refractivity (Wildman–Crippen MR) is 68.7 cm³/mol. The number of nitrogens with one attached hydrogen (secondary N) is 2. The van der Waals surface area contributed by atoms with E-state index >= 15 is 0 Å². The molecule has 1 rings (SSSR count). The second kappa shape index (κ2) is 6.66. The summed E-state index contributed by atoms with van der Waals surface area (Å²) in [5, 5.41) is 5.67. The Labute approximate surface area is 102 Å². The van der Waals surface area contributed by atoms with Crippen LogP contribution in [0.15, 0.2) is 12.1 Å². The smallest absolute Gasteiger partial charge is 0.222 e. The van der Waals surface area contributed by atoms with Gasteiger partial charge in [-0.25, -0.2) is 4.98 Å². The van der Waals surface area contributed by atoms with Crippen LogP contribution in [0.2, 0.25) is 0 Å². The van der Waals surface area contributed by atoms with Crippen LogP contribution in [0.5, 0.6) is 0 Å². The van der Waals surface area contributed by atoms with Gasteiger partial charge in [0, 0.05) is 25.5 Å². The van der Waals surface area contributed by atoms with Crippen molar-refractivity contribution >= 4 is 11.7 Å².